The van der Waals surface area contributed by atoms with E-state index < -0.39 is 6.10 Å². The number of rotatable bonds is 5. The second-order valence-electron chi connectivity index (χ2n) is 3.35. The van der Waals surface area contributed by atoms with Gasteiger partial charge in [0.15, 0.2) is 5.78 Å². The van der Waals surface area contributed by atoms with E-state index in [1.807, 2.05) is 0 Å². The van der Waals surface area contributed by atoms with Gasteiger partial charge in [-0.1, -0.05) is 6.92 Å². The maximum atomic E-state index is 11.8. The van der Waals surface area contributed by atoms with Crippen molar-refractivity contribution in [1.29, 1.82) is 0 Å². The van der Waals surface area contributed by atoms with Crippen molar-refractivity contribution in [3.05, 3.63) is 23.8 Å². The number of hydrogen-bond acceptors (Lipinski definition) is 4. The zero-order valence-electron chi connectivity index (χ0n) is 9.69. The lowest BCUT2D eigenvalue weighted by Crippen LogP contribution is -2.19. The van der Waals surface area contributed by atoms with Crippen LogP contribution in [0.4, 0.5) is 0 Å². The summed E-state index contributed by atoms with van der Waals surface area (Å²) in [6.07, 6.45) is -0.601. The summed E-state index contributed by atoms with van der Waals surface area (Å²) in [5.74, 6) is 0.693. The van der Waals surface area contributed by atoms with Crippen LogP contribution in [0.2, 0.25) is 0 Å². The first-order valence-corrected chi connectivity index (χ1v) is 5.08. The summed E-state index contributed by atoms with van der Waals surface area (Å²) in [5, 5.41) is 9.49. The normalized spacial score (nSPS) is 12.0. The molecule has 0 aliphatic rings. The largest absolute Gasteiger partial charge is 0.497 e. The summed E-state index contributed by atoms with van der Waals surface area (Å²) in [6.45, 7) is 1.75. The minimum Gasteiger partial charge on any atom is -0.497 e. The zero-order chi connectivity index (χ0) is 12.1. The van der Waals surface area contributed by atoms with Crippen LogP contribution in [0.1, 0.15) is 23.7 Å². The Morgan fingerprint density at radius 2 is 2.06 bits per heavy atom. The predicted molar refractivity (Wildman–Crippen MR) is 60.2 cm³/mol. The molecule has 1 rings (SSSR count). The Balaban J connectivity index is 3.08. The third-order valence-electron chi connectivity index (χ3n) is 2.36. The fourth-order valence-electron chi connectivity index (χ4n) is 1.37. The van der Waals surface area contributed by atoms with E-state index in [0.29, 0.717) is 23.5 Å². The fraction of sp³-hybridized carbons (Fsp3) is 0.417. The van der Waals surface area contributed by atoms with E-state index in [-0.39, 0.29) is 5.78 Å². The summed E-state index contributed by atoms with van der Waals surface area (Å²) >= 11 is 0. The monoisotopic (exact) mass is 224 g/mol. The summed E-state index contributed by atoms with van der Waals surface area (Å²) in [6, 6.07) is 4.88. The minimum absolute atomic E-state index is 0.331. The van der Waals surface area contributed by atoms with Crippen LogP contribution in [0.5, 0.6) is 11.5 Å². The van der Waals surface area contributed by atoms with Crippen molar-refractivity contribution in [3.63, 3.8) is 0 Å². The van der Waals surface area contributed by atoms with Crippen LogP contribution < -0.4 is 9.47 Å². The van der Waals surface area contributed by atoms with E-state index in [2.05, 4.69) is 0 Å². The fourth-order valence-corrected chi connectivity index (χ4v) is 1.37. The first-order valence-electron chi connectivity index (χ1n) is 5.08. The highest BCUT2D eigenvalue weighted by atomic mass is 16.5. The highest BCUT2D eigenvalue weighted by Crippen LogP contribution is 2.25. The summed E-state index contributed by atoms with van der Waals surface area (Å²) < 4.78 is 10.1. The van der Waals surface area contributed by atoms with E-state index >= 15 is 0 Å². The average molecular weight is 224 g/mol. The molecule has 0 aliphatic carbocycles. The second-order valence-corrected chi connectivity index (χ2v) is 3.35. The van der Waals surface area contributed by atoms with Gasteiger partial charge in [-0.25, -0.2) is 0 Å². The van der Waals surface area contributed by atoms with Crippen molar-refractivity contribution in [1.82, 2.24) is 0 Å². The van der Waals surface area contributed by atoms with Gasteiger partial charge in [-0.2, -0.15) is 0 Å². The molecule has 0 fully saturated rings. The molecule has 0 saturated heterocycles. The van der Waals surface area contributed by atoms with Crippen molar-refractivity contribution in [2.45, 2.75) is 19.4 Å². The third kappa shape index (κ3) is 2.52. The number of methoxy groups -OCH3 is 2. The summed E-state index contributed by atoms with van der Waals surface area (Å²) in [4.78, 5) is 11.8. The molecule has 0 aromatic heterocycles. The van der Waals surface area contributed by atoms with Gasteiger partial charge in [-0.3, -0.25) is 4.79 Å². The van der Waals surface area contributed by atoms with Crippen LogP contribution in [-0.4, -0.2) is 31.2 Å². The number of ketones is 1. The van der Waals surface area contributed by atoms with Crippen molar-refractivity contribution in [3.8, 4) is 11.5 Å². The molecule has 0 amide bonds. The Morgan fingerprint density at radius 3 is 2.56 bits per heavy atom. The van der Waals surface area contributed by atoms with Gasteiger partial charge in [0, 0.05) is 6.07 Å². The minimum atomic E-state index is -0.984. The lowest BCUT2D eigenvalue weighted by Gasteiger charge is -2.11. The molecular formula is C12H16O4. The highest BCUT2D eigenvalue weighted by Gasteiger charge is 2.19. The van der Waals surface area contributed by atoms with E-state index in [4.69, 9.17) is 9.47 Å². The molecule has 4 heteroatoms. The van der Waals surface area contributed by atoms with Gasteiger partial charge in [-0.15, -0.1) is 0 Å². The Hall–Kier alpha value is -1.55. The Kier molecular flexibility index (Phi) is 4.31. The molecule has 1 N–H and O–H groups in total. The molecule has 88 valence electrons. The molecular weight excluding hydrogens is 208 g/mol. The Bertz CT molecular complexity index is 373. The zero-order valence-corrected chi connectivity index (χ0v) is 9.69. The number of aliphatic hydroxyl groups is 1. The summed E-state index contributed by atoms with van der Waals surface area (Å²) in [7, 11) is 3.01. The van der Waals surface area contributed by atoms with Gasteiger partial charge in [0.25, 0.3) is 0 Å². The number of hydrogen-bond donors (Lipinski definition) is 1. The first kappa shape index (κ1) is 12.5. The molecule has 0 bridgehead atoms. The lowest BCUT2D eigenvalue weighted by molar-refractivity contribution is 0.0737. The van der Waals surface area contributed by atoms with Crippen molar-refractivity contribution >= 4 is 5.78 Å². The molecule has 1 unspecified atom stereocenters. The average Bonchev–Trinajstić information content (AvgIpc) is 2.35. The van der Waals surface area contributed by atoms with Gasteiger partial charge < -0.3 is 14.6 Å². The van der Waals surface area contributed by atoms with Crippen LogP contribution in [-0.2, 0) is 0 Å². The van der Waals surface area contributed by atoms with Crippen LogP contribution in [0.3, 0.4) is 0 Å². The van der Waals surface area contributed by atoms with Gasteiger partial charge in [0.2, 0.25) is 0 Å². The van der Waals surface area contributed by atoms with Crippen LogP contribution in [0.25, 0.3) is 0 Å². The quantitative estimate of drug-likeness (QED) is 0.773. The lowest BCUT2D eigenvalue weighted by atomic mass is 10.0. The smallest absolute Gasteiger partial charge is 0.194 e. The molecule has 0 radical (unpaired) electrons. The van der Waals surface area contributed by atoms with Crippen LogP contribution in [0.15, 0.2) is 18.2 Å². The first-order chi connectivity index (χ1) is 7.63. The maximum absolute atomic E-state index is 11.8. The molecule has 1 atom stereocenters. The summed E-state index contributed by atoms with van der Waals surface area (Å²) in [5.41, 5.74) is 0.373. The predicted octanol–water partition coefficient (Wildman–Crippen LogP) is 1.66. The van der Waals surface area contributed by atoms with E-state index in [1.165, 1.54) is 14.2 Å². The standard InChI is InChI=1S/C12H16O4/c1-4-10(13)12(14)9-6-5-8(15-2)7-11(9)16-3/h5-7,10,13H,4H2,1-3H3. The molecule has 1 aromatic carbocycles. The number of aliphatic hydroxyl groups excluding tert-OH is 1. The van der Waals surface area contributed by atoms with Gasteiger partial charge in [-0.05, 0) is 18.6 Å². The highest BCUT2D eigenvalue weighted by molar-refractivity contribution is 6.01. The molecule has 1 aromatic rings. The Labute approximate surface area is 94.8 Å². The molecule has 0 spiro atoms. The second kappa shape index (κ2) is 5.51. The molecule has 0 saturated carbocycles. The van der Waals surface area contributed by atoms with Crippen molar-refractivity contribution in [2.75, 3.05) is 14.2 Å². The maximum Gasteiger partial charge on any atom is 0.194 e. The van der Waals surface area contributed by atoms with Crippen LogP contribution >= 0.6 is 0 Å². The number of Topliss-reactive ketones (excluding diaryl/α,β-unsaturated/α-hetero) is 1. The van der Waals surface area contributed by atoms with Gasteiger partial charge in [0.05, 0.1) is 19.8 Å². The van der Waals surface area contributed by atoms with Gasteiger partial charge >= 0.3 is 0 Å². The number of carbonyl (C=O) groups is 1. The Morgan fingerprint density at radius 1 is 1.38 bits per heavy atom. The topological polar surface area (TPSA) is 55.8 Å². The molecule has 16 heavy (non-hydrogen) atoms. The number of benzene rings is 1. The third-order valence-corrected chi connectivity index (χ3v) is 2.36. The van der Waals surface area contributed by atoms with Crippen LogP contribution in [0, 0.1) is 0 Å². The van der Waals surface area contributed by atoms with Crippen molar-refractivity contribution < 1.29 is 19.4 Å². The number of carbonyl (C=O) groups excluding carboxylic acids is 1. The van der Waals surface area contributed by atoms with E-state index in [9.17, 15) is 9.90 Å². The molecule has 0 aliphatic heterocycles. The molecule has 0 heterocycles. The van der Waals surface area contributed by atoms with Crippen molar-refractivity contribution in [2.24, 2.45) is 0 Å². The van der Waals surface area contributed by atoms with E-state index in [0.717, 1.165) is 0 Å². The van der Waals surface area contributed by atoms with E-state index in [1.54, 1.807) is 25.1 Å². The van der Waals surface area contributed by atoms with Gasteiger partial charge in [0.1, 0.15) is 17.6 Å². The number of ether oxygens (including phenoxy) is 2. The SMILES string of the molecule is CCC(O)C(=O)c1ccc(OC)cc1OC. The molecule has 4 nitrogen and oxygen atoms in total.